The molecule has 3 heteroatoms. The van der Waals surface area contributed by atoms with Crippen LogP contribution in [-0.2, 0) is 10.5 Å². The molecule has 0 heterocycles. The summed E-state index contributed by atoms with van der Waals surface area (Å²) in [5, 5.41) is 2.99. The monoisotopic (exact) mass is 327 g/mol. The number of nitrogens with one attached hydrogen (secondary N) is 1. The highest BCUT2D eigenvalue weighted by Gasteiger charge is 2.15. The van der Waals surface area contributed by atoms with E-state index in [4.69, 9.17) is 0 Å². The van der Waals surface area contributed by atoms with E-state index in [9.17, 15) is 4.79 Å². The molecule has 2 aromatic carbocycles. The molecule has 2 aromatic rings. The van der Waals surface area contributed by atoms with Crippen LogP contribution in [0.4, 0.5) is 5.69 Å². The first-order valence-electron chi connectivity index (χ1n) is 7.92. The number of hydrogen-bond acceptors (Lipinski definition) is 2. The largest absolute Gasteiger partial charge is 0.325 e. The standard InChI is InChI=1S/C20H25NOS/c1-13-9-14(2)11-18(10-13)12-23-17(5)20(22)21-19-15(3)7-6-8-16(19)4/h6-11,17H,12H2,1-5H3,(H,21,22)/t17-/m0/s1. The fraction of sp³-hybridized carbons (Fsp3) is 0.350. The second kappa shape index (κ2) is 7.69. The third kappa shape index (κ3) is 4.87. The van der Waals surface area contributed by atoms with Gasteiger partial charge in [-0.15, -0.1) is 11.8 Å². The summed E-state index contributed by atoms with van der Waals surface area (Å²) in [5.41, 5.74) is 6.96. The predicted octanol–water partition coefficient (Wildman–Crippen LogP) is 5.18. The zero-order chi connectivity index (χ0) is 17.0. The van der Waals surface area contributed by atoms with Gasteiger partial charge in [0.25, 0.3) is 0 Å². The SMILES string of the molecule is Cc1cc(C)cc(CS[C@@H](C)C(=O)Nc2c(C)cccc2C)c1. The van der Waals surface area contributed by atoms with Gasteiger partial charge in [-0.05, 0) is 51.3 Å². The maximum Gasteiger partial charge on any atom is 0.237 e. The van der Waals surface area contributed by atoms with E-state index in [0.717, 1.165) is 22.6 Å². The summed E-state index contributed by atoms with van der Waals surface area (Å²) in [6.45, 7) is 10.2. The molecule has 2 rings (SSSR count). The summed E-state index contributed by atoms with van der Waals surface area (Å²) >= 11 is 1.67. The van der Waals surface area contributed by atoms with Crippen molar-refractivity contribution in [1.29, 1.82) is 0 Å². The normalized spacial score (nSPS) is 12.0. The van der Waals surface area contributed by atoms with Crippen molar-refractivity contribution in [2.75, 3.05) is 5.32 Å². The van der Waals surface area contributed by atoms with E-state index in [0.29, 0.717) is 0 Å². The minimum atomic E-state index is -0.0881. The van der Waals surface area contributed by atoms with Crippen LogP contribution in [-0.4, -0.2) is 11.2 Å². The Labute approximate surface area is 143 Å². The number of thioether (sulfide) groups is 1. The summed E-state index contributed by atoms with van der Waals surface area (Å²) in [7, 11) is 0. The number of hydrogen-bond donors (Lipinski definition) is 1. The van der Waals surface area contributed by atoms with Crippen LogP contribution in [0.1, 0.15) is 34.7 Å². The Morgan fingerprint density at radius 1 is 1.04 bits per heavy atom. The minimum absolute atomic E-state index is 0.0665. The highest BCUT2D eigenvalue weighted by Crippen LogP contribution is 2.23. The first kappa shape index (κ1) is 17.6. The van der Waals surface area contributed by atoms with Crippen LogP contribution < -0.4 is 5.32 Å². The zero-order valence-electron chi connectivity index (χ0n) is 14.6. The van der Waals surface area contributed by atoms with Gasteiger partial charge in [0.1, 0.15) is 0 Å². The molecule has 0 spiro atoms. The van der Waals surface area contributed by atoms with Crippen LogP contribution in [0.25, 0.3) is 0 Å². The first-order chi connectivity index (χ1) is 10.9. The van der Waals surface area contributed by atoms with E-state index in [1.54, 1.807) is 11.8 Å². The molecule has 0 unspecified atom stereocenters. The quantitative estimate of drug-likeness (QED) is 0.819. The van der Waals surface area contributed by atoms with Crippen LogP contribution in [0.5, 0.6) is 0 Å². The summed E-state index contributed by atoms with van der Waals surface area (Å²) in [6, 6.07) is 12.6. The molecule has 23 heavy (non-hydrogen) atoms. The number of aryl methyl sites for hydroxylation is 4. The molecule has 0 aliphatic carbocycles. The Balaban J connectivity index is 1.97. The highest BCUT2D eigenvalue weighted by atomic mass is 32.2. The van der Waals surface area contributed by atoms with Gasteiger partial charge in [0.2, 0.25) is 5.91 Å². The number of rotatable bonds is 5. The van der Waals surface area contributed by atoms with Crippen molar-refractivity contribution in [3.8, 4) is 0 Å². The van der Waals surface area contributed by atoms with Gasteiger partial charge in [-0.1, -0.05) is 47.5 Å². The fourth-order valence-electron chi connectivity index (χ4n) is 2.69. The topological polar surface area (TPSA) is 29.1 Å². The van der Waals surface area contributed by atoms with E-state index in [-0.39, 0.29) is 11.2 Å². The molecule has 0 bridgehead atoms. The van der Waals surface area contributed by atoms with E-state index >= 15 is 0 Å². The molecule has 0 aromatic heterocycles. The second-order valence-corrected chi connectivity index (χ2v) is 7.53. The van der Waals surface area contributed by atoms with Crippen LogP contribution >= 0.6 is 11.8 Å². The number of carbonyl (C=O) groups excluding carboxylic acids is 1. The lowest BCUT2D eigenvalue weighted by Crippen LogP contribution is -2.23. The smallest absolute Gasteiger partial charge is 0.237 e. The van der Waals surface area contributed by atoms with Crippen molar-refractivity contribution in [2.24, 2.45) is 0 Å². The van der Waals surface area contributed by atoms with E-state index in [1.807, 2.05) is 39.0 Å². The van der Waals surface area contributed by atoms with Crippen LogP contribution in [0.3, 0.4) is 0 Å². The average Bonchev–Trinajstić information content (AvgIpc) is 2.47. The summed E-state index contributed by atoms with van der Waals surface area (Å²) < 4.78 is 0. The van der Waals surface area contributed by atoms with Gasteiger partial charge in [-0.3, -0.25) is 4.79 Å². The molecule has 2 nitrogen and oxygen atoms in total. The van der Waals surface area contributed by atoms with Crippen molar-refractivity contribution >= 4 is 23.4 Å². The average molecular weight is 327 g/mol. The second-order valence-electron chi connectivity index (χ2n) is 6.21. The zero-order valence-corrected chi connectivity index (χ0v) is 15.4. The number of benzene rings is 2. The first-order valence-corrected chi connectivity index (χ1v) is 8.97. The third-order valence-electron chi connectivity index (χ3n) is 3.88. The lowest BCUT2D eigenvalue weighted by molar-refractivity contribution is -0.115. The Kier molecular flexibility index (Phi) is 5.89. The van der Waals surface area contributed by atoms with Crippen molar-refractivity contribution in [3.05, 3.63) is 64.2 Å². The molecule has 0 aliphatic heterocycles. The summed E-state index contributed by atoms with van der Waals surface area (Å²) in [5.74, 6) is 0.918. The molecule has 0 radical (unpaired) electrons. The van der Waals surface area contributed by atoms with E-state index in [1.165, 1.54) is 16.7 Å². The summed E-state index contributed by atoms with van der Waals surface area (Å²) in [4.78, 5) is 12.4. The van der Waals surface area contributed by atoms with Gasteiger partial charge >= 0.3 is 0 Å². The van der Waals surface area contributed by atoms with Crippen LogP contribution in [0.2, 0.25) is 0 Å². The molecule has 122 valence electrons. The lowest BCUT2D eigenvalue weighted by atomic mass is 10.1. The van der Waals surface area contributed by atoms with Gasteiger partial charge in [0.15, 0.2) is 0 Å². The van der Waals surface area contributed by atoms with Gasteiger partial charge in [0, 0.05) is 11.4 Å². The summed E-state index contributed by atoms with van der Waals surface area (Å²) in [6.07, 6.45) is 0. The Morgan fingerprint density at radius 2 is 1.61 bits per heavy atom. The van der Waals surface area contributed by atoms with Gasteiger partial charge in [0.05, 0.1) is 5.25 Å². The number of carbonyl (C=O) groups is 1. The molecule has 1 N–H and O–H groups in total. The fourth-order valence-corrected chi connectivity index (χ4v) is 3.51. The molecular weight excluding hydrogens is 302 g/mol. The maximum absolute atomic E-state index is 12.4. The Bertz CT molecular complexity index is 668. The van der Waals surface area contributed by atoms with Gasteiger partial charge in [-0.2, -0.15) is 0 Å². The van der Waals surface area contributed by atoms with Crippen molar-refractivity contribution < 1.29 is 4.79 Å². The molecule has 1 amide bonds. The number of amides is 1. The molecule has 1 atom stereocenters. The van der Waals surface area contributed by atoms with Crippen molar-refractivity contribution in [1.82, 2.24) is 0 Å². The third-order valence-corrected chi connectivity index (χ3v) is 5.09. The van der Waals surface area contributed by atoms with Gasteiger partial charge < -0.3 is 5.32 Å². The van der Waals surface area contributed by atoms with Crippen LogP contribution in [0.15, 0.2) is 36.4 Å². The molecule has 0 aliphatic rings. The molecule has 0 saturated carbocycles. The predicted molar refractivity (Wildman–Crippen MR) is 101 cm³/mol. The Morgan fingerprint density at radius 3 is 2.17 bits per heavy atom. The molecule has 0 fully saturated rings. The van der Waals surface area contributed by atoms with Crippen molar-refractivity contribution in [2.45, 2.75) is 45.6 Å². The van der Waals surface area contributed by atoms with Crippen LogP contribution in [0, 0.1) is 27.7 Å². The number of para-hydroxylation sites is 1. The highest BCUT2D eigenvalue weighted by molar-refractivity contribution is 7.99. The van der Waals surface area contributed by atoms with Gasteiger partial charge in [-0.25, -0.2) is 0 Å². The minimum Gasteiger partial charge on any atom is -0.325 e. The van der Waals surface area contributed by atoms with E-state index in [2.05, 4.69) is 37.4 Å². The maximum atomic E-state index is 12.4. The van der Waals surface area contributed by atoms with E-state index < -0.39 is 0 Å². The number of anilines is 1. The molecular formula is C20H25NOS. The molecule has 0 saturated heterocycles. The Hall–Kier alpha value is -1.74. The van der Waals surface area contributed by atoms with Crippen molar-refractivity contribution in [3.63, 3.8) is 0 Å². The lowest BCUT2D eigenvalue weighted by Gasteiger charge is -2.15.